The predicted molar refractivity (Wildman–Crippen MR) is 100 cm³/mol. The summed E-state index contributed by atoms with van der Waals surface area (Å²) in [6.45, 7) is 2.25. The number of hydrogen-bond acceptors (Lipinski definition) is 5. The van der Waals surface area contributed by atoms with Gasteiger partial charge in [-0.3, -0.25) is 4.79 Å². The van der Waals surface area contributed by atoms with Gasteiger partial charge in [0.05, 0.1) is 17.7 Å². The zero-order valence-electron chi connectivity index (χ0n) is 14.7. The topological polar surface area (TPSA) is 66.9 Å². The number of sulfone groups is 1. The van der Waals surface area contributed by atoms with Crippen molar-refractivity contribution in [3.63, 3.8) is 0 Å². The SMILES string of the molecule is COc1ccccc1N1CCN(C(=O)CS(=O)(=O)c2ccccc2)CC1. The second kappa shape index (κ2) is 7.78. The molecular weight excluding hydrogens is 352 g/mol. The number of piperazine rings is 1. The molecule has 0 aromatic heterocycles. The zero-order valence-corrected chi connectivity index (χ0v) is 15.5. The number of carbonyl (C=O) groups excluding carboxylic acids is 1. The van der Waals surface area contributed by atoms with Crippen molar-refractivity contribution >= 4 is 21.4 Å². The van der Waals surface area contributed by atoms with Crippen LogP contribution in [0, 0.1) is 0 Å². The summed E-state index contributed by atoms with van der Waals surface area (Å²) in [5, 5.41) is 0. The third kappa shape index (κ3) is 3.99. The van der Waals surface area contributed by atoms with E-state index in [9.17, 15) is 13.2 Å². The fraction of sp³-hybridized carbons (Fsp3) is 0.316. The van der Waals surface area contributed by atoms with E-state index >= 15 is 0 Å². The summed E-state index contributed by atoms with van der Waals surface area (Å²) in [5.41, 5.74) is 0.985. The molecule has 2 aromatic rings. The molecule has 0 spiro atoms. The maximum Gasteiger partial charge on any atom is 0.238 e. The fourth-order valence-corrected chi connectivity index (χ4v) is 4.30. The van der Waals surface area contributed by atoms with Gasteiger partial charge in [0.25, 0.3) is 0 Å². The first-order valence-corrected chi connectivity index (χ1v) is 10.1. The highest BCUT2D eigenvalue weighted by Crippen LogP contribution is 2.28. The normalized spacial score (nSPS) is 15.0. The molecule has 0 N–H and O–H groups in total. The van der Waals surface area contributed by atoms with Crippen LogP contribution >= 0.6 is 0 Å². The maximum atomic E-state index is 12.5. The minimum absolute atomic E-state index is 0.181. The van der Waals surface area contributed by atoms with Crippen molar-refractivity contribution in [2.24, 2.45) is 0 Å². The quantitative estimate of drug-likeness (QED) is 0.799. The van der Waals surface area contributed by atoms with Gasteiger partial charge in [0.1, 0.15) is 11.5 Å². The molecule has 2 aromatic carbocycles. The number of benzene rings is 2. The number of hydrogen-bond donors (Lipinski definition) is 0. The third-order valence-corrected chi connectivity index (χ3v) is 6.09. The van der Waals surface area contributed by atoms with Crippen molar-refractivity contribution in [1.29, 1.82) is 0 Å². The number of rotatable bonds is 5. The first-order valence-electron chi connectivity index (χ1n) is 8.45. The number of para-hydroxylation sites is 2. The van der Waals surface area contributed by atoms with Crippen molar-refractivity contribution in [2.75, 3.05) is 43.9 Å². The van der Waals surface area contributed by atoms with Crippen LogP contribution in [0.2, 0.25) is 0 Å². The Morgan fingerprint density at radius 3 is 2.23 bits per heavy atom. The Bertz CT molecular complexity index is 860. The van der Waals surface area contributed by atoms with Gasteiger partial charge in [-0.15, -0.1) is 0 Å². The molecule has 6 nitrogen and oxygen atoms in total. The van der Waals surface area contributed by atoms with Crippen LogP contribution in [0.25, 0.3) is 0 Å². The Balaban J connectivity index is 1.62. The van der Waals surface area contributed by atoms with Gasteiger partial charge in [-0.1, -0.05) is 30.3 Å². The van der Waals surface area contributed by atoms with Crippen LogP contribution < -0.4 is 9.64 Å². The van der Waals surface area contributed by atoms with E-state index in [0.717, 1.165) is 11.4 Å². The summed E-state index contributed by atoms with van der Waals surface area (Å²) in [5.74, 6) is -0.0569. The van der Waals surface area contributed by atoms with Crippen molar-refractivity contribution < 1.29 is 17.9 Å². The Hall–Kier alpha value is -2.54. The number of methoxy groups -OCH3 is 1. The summed E-state index contributed by atoms with van der Waals surface area (Å²) >= 11 is 0. The molecule has 0 atom stereocenters. The molecule has 1 aliphatic rings. The average molecular weight is 374 g/mol. The van der Waals surface area contributed by atoms with E-state index < -0.39 is 15.6 Å². The first kappa shape index (κ1) is 18.3. The molecule has 1 fully saturated rings. The van der Waals surface area contributed by atoms with E-state index in [1.165, 1.54) is 12.1 Å². The smallest absolute Gasteiger partial charge is 0.238 e. The van der Waals surface area contributed by atoms with Crippen molar-refractivity contribution in [3.05, 3.63) is 54.6 Å². The van der Waals surface area contributed by atoms with Gasteiger partial charge >= 0.3 is 0 Å². The molecule has 7 heteroatoms. The molecule has 1 heterocycles. The number of nitrogens with zero attached hydrogens (tertiary/aromatic N) is 2. The second-order valence-electron chi connectivity index (χ2n) is 6.11. The van der Waals surface area contributed by atoms with Crippen LogP contribution in [0.15, 0.2) is 59.5 Å². The van der Waals surface area contributed by atoms with Crippen molar-refractivity contribution in [3.8, 4) is 5.75 Å². The van der Waals surface area contributed by atoms with E-state index in [-0.39, 0.29) is 10.8 Å². The molecule has 1 aliphatic heterocycles. The summed E-state index contributed by atoms with van der Waals surface area (Å²) in [4.78, 5) is 16.4. The minimum atomic E-state index is -3.61. The molecule has 26 heavy (non-hydrogen) atoms. The van der Waals surface area contributed by atoms with Gasteiger partial charge in [-0.2, -0.15) is 0 Å². The lowest BCUT2D eigenvalue weighted by atomic mass is 10.2. The fourth-order valence-electron chi connectivity index (χ4n) is 3.05. The van der Waals surface area contributed by atoms with Crippen LogP contribution in [0.3, 0.4) is 0 Å². The summed E-state index contributed by atoms with van der Waals surface area (Å²) in [7, 11) is -1.98. The molecule has 0 aliphatic carbocycles. The highest BCUT2D eigenvalue weighted by molar-refractivity contribution is 7.92. The molecule has 138 valence electrons. The first-order chi connectivity index (χ1) is 12.5. The Morgan fingerprint density at radius 1 is 0.962 bits per heavy atom. The Labute approximate surface area is 153 Å². The summed E-state index contributed by atoms with van der Waals surface area (Å²) in [6.07, 6.45) is 0. The third-order valence-electron chi connectivity index (χ3n) is 4.47. The van der Waals surface area contributed by atoms with Gasteiger partial charge in [-0.05, 0) is 24.3 Å². The van der Waals surface area contributed by atoms with Crippen LogP contribution in [-0.2, 0) is 14.6 Å². The van der Waals surface area contributed by atoms with E-state index in [4.69, 9.17) is 4.74 Å². The monoisotopic (exact) mass is 374 g/mol. The van der Waals surface area contributed by atoms with E-state index in [1.807, 2.05) is 24.3 Å². The highest BCUT2D eigenvalue weighted by Gasteiger charge is 2.27. The van der Waals surface area contributed by atoms with Gasteiger partial charge in [0.15, 0.2) is 9.84 Å². The maximum absolute atomic E-state index is 12.5. The zero-order chi connectivity index (χ0) is 18.6. The number of carbonyl (C=O) groups is 1. The van der Waals surface area contributed by atoms with Gasteiger partial charge < -0.3 is 14.5 Å². The van der Waals surface area contributed by atoms with Crippen LogP contribution in [0.5, 0.6) is 5.75 Å². The molecular formula is C19H22N2O4S. The highest BCUT2D eigenvalue weighted by atomic mass is 32.2. The van der Waals surface area contributed by atoms with E-state index in [1.54, 1.807) is 30.2 Å². The minimum Gasteiger partial charge on any atom is -0.495 e. The van der Waals surface area contributed by atoms with Gasteiger partial charge in [-0.25, -0.2) is 8.42 Å². The second-order valence-corrected chi connectivity index (χ2v) is 8.10. The molecule has 1 saturated heterocycles. The van der Waals surface area contributed by atoms with Crippen molar-refractivity contribution in [1.82, 2.24) is 4.90 Å². The molecule has 0 saturated carbocycles. The van der Waals surface area contributed by atoms with Gasteiger partial charge in [0.2, 0.25) is 5.91 Å². The lowest BCUT2D eigenvalue weighted by Gasteiger charge is -2.36. The van der Waals surface area contributed by atoms with Crippen LogP contribution in [-0.4, -0.2) is 58.3 Å². The van der Waals surface area contributed by atoms with E-state index in [2.05, 4.69) is 4.90 Å². The number of amides is 1. The lowest BCUT2D eigenvalue weighted by Crippen LogP contribution is -2.50. The lowest BCUT2D eigenvalue weighted by molar-refractivity contribution is -0.128. The largest absolute Gasteiger partial charge is 0.495 e. The molecule has 0 radical (unpaired) electrons. The Morgan fingerprint density at radius 2 is 1.58 bits per heavy atom. The van der Waals surface area contributed by atoms with Gasteiger partial charge in [0, 0.05) is 26.2 Å². The number of ether oxygens (including phenoxy) is 1. The van der Waals surface area contributed by atoms with Crippen molar-refractivity contribution in [2.45, 2.75) is 4.90 Å². The molecule has 0 bridgehead atoms. The average Bonchev–Trinajstić information content (AvgIpc) is 2.68. The van der Waals surface area contributed by atoms with Crippen LogP contribution in [0.1, 0.15) is 0 Å². The standard InChI is InChI=1S/C19H22N2O4S/c1-25-18-10-6-5-9-17(18)20-11-13-21(14-12-20)19(22)15-26(23,24)16-7-3-2-4-8-16/h2-10H,11-15H2,1H3. The molecule has 3 rings (SSSR count). The summed E-state index contributed by atoms with van der Waals surface area (Å²) in [6, 6.07) is 15.8. The summed E-state index contributed by atoms with van der Waals surface area (Å²) < 4.78 is 30.1. The predicted octanol–water partition coefficient (Wildman–Crippen LogP) is 1.82. The Kier molecular flexibility index (Phi) is 5.46. The molecule has 0 unspecified atom stereocenters. The number of anilines is 1. The molecule has 1 amide bonds. The van der Waals surface area contributed by atoms with Crippen LogP contribution in [0.4, 0.5) is 5.69 Å². The van der Waals surface area contributed by atoms with E-state index in [0.29, 0.717) is 26.2 Å².